The van der Waals surface area contributed by atoms with Crippen LogP contribution in [0.2, 0.25) is 0 Å². The van der Waals surface area contributed by atoms with Gasteiger partial charge in [0.1, 0.15) is 13.2 Å². The smallest absolute Gasteiger partial charge is 0.240 e. The summed E-state index contributed by atoms with van der Waals surface area (Å²) in [6, 6.07) is 4.78. The molecule has 2 heterocycles. The van der Waals surface area contributed by atoms with E-state index in [4.69, 9.17) is 9.47 Å². The van der Waals surface area contributed by atoms with Crippen LogP contribution in [-0.2, 0) is 10.0 Å². The standard InChI is InChI=1S/C16H24N2O4S.ClH/c1-2-7-18-8-5-13(6-9-18)17-23(19,20)14-3-4-15-16(12-14)22-11-10-21-15;/h3-4,12-13,17H,2,5-11H2,1H3;1H. The molecule has 3 rings (SSSR count). The SMILES string of the molecule is CCCN1CCC(NS(=O)(=O)c2ccc3c(c2)OCCO3)CC1.Cl. The molecule has 0 saturated carbocycles. The topological polar surface area (TPSA) is 67.9 Å². The van der Waals surface area contributed by atoms with E-state index in [0.717, 1.165) is 38.9 Å². The van der Waals surface area contributed by atoms with Crippen molar-refractivity contribution in [1.29, 1.82) is 0 Å². The van der Waals surface area contributed by atoms with E-state index in [0.29, 0.717) is 24.7 Å². The Balaban J connectivity index is 0.00000208. The number of rotatable bonds is 5. The quantitative estimate of drug-likeness (QED) is 0.851. The summed E-state index contributed by atoms with van der Waals surface area (Å²) < 4.78 is 38.9. The highest BCUT2D eigenvalue weighted by Crippen LogP contribution is 2.32. The molecule has 8 heteroatoms. The molecule has 0 aromatic heterocycles. The molecule has 0 atom stereocenters. The van der Waals surface area contributed by atoms with Gasteiger partial charge in [0.25, 0.3) is 0 Å². The fourth-order valence-corrected chi connectivity index (χ4v) is 4.39. The van der Waals surface area contributed by atoms with Crippen LogP contribution in [0.15, 0.2) is 23.1 Å². The lowest BCUT2D eigenvalue weighted by atomic mass is 10.1. The number of nitrogens with one attached hydrogen (secondary N) is 1. The molecule has 2 aliphatic heterocycles. The van der Waals surface area contributed by atoms with Gasteiger partial charge in [0.15, 0.2) is 11.5 Å². The minimum Gasteiger partial charge on any atom is -0.486 e. The van der Waals surface area contributed by atoms with Crippen LogP contribution in [0.4, 0.5) is 0 Å². The molecule has 1 N–H and O–H groups in total. The lowest BCUT2D eigenvalue weighted by molar-refractivity contribution is 0.171. The molecule has 1 aromatic rings. The van der Waals surface area contributed by atoms with Gasteiger partial charge < -0.3 is 14.4 Å². The van der Waals surface area contributed by atoms with Crippen molar-refractivity contribution >= 4 is 22.4 Å². The first kappa shape index (κ1) is 19.3. The number of halogens is 1. The van der Waals surface area contributed by atoms with E-state index < -0.39 is 10.0 Å². The Morgan fingerprint density at radius 2 is 1.83 bits per heavy atom. The summed E-state index contributed by atoms with van der Waals surface area (Å²) in [6.07, 6.45) is 2.83. The first-order valence-corrected chi connectivity index (χ1v) is 9.71. The second kappa shape index (κ2) is 8.38. The molecule has 1 aromatic carbocycles. The van der Waals surface area contributed by atoms with Crippen molar-refractivity contribution in [3.63, 3.8) is 0 Å². The summed E-state index contributed by atoms with van der Waals surface area (Å²) >= 11 is 0. The summed E-state index contributed by atoms with van der Waals surface area (Å²) in [5.41, 5.74) is 0. The van der Waals surface area contributed by atoms with Crippen LogP contribution in [0.3, 0.4) is 0 Å². The lowest BCUT2D eigenvalue weighted by Gasteiger charge is -2.31. The Kier molecular flexibility index (Phi) is 6.74. The first-order valence-electron chi connectivity index (χ1n) is 8.23. The summed E-state index contributed by atoms with van der Waals surface area (Å²) in [4.78, 5) is 2.62. The van der Waals surface area contributed by atoms with Gasteiger partial charge in [-0.3, -0.25) is 0 Å². The van der Waals surface area contributed by atoms with Gasteiger partial charge in [-0.25, -0.2) is 13.1 Å². The van der Waals surface area contributed by atoms with Crippen molar-refractivity contribution in [2.75, 3.05) is 32.8 Å². The molecule has 0 unspecified atom stereocenters. The maximum atomic E-state index is 12.6. The first-order chi connectivity index (χ1) is 11.1. The van der Waals surface area contributed by atoms with Crippen molar-refractivity contribution < 1.29 is 17.9 Å². The summed E-state index contributed by atoms with van der Waals surface area (Å²) in [7, 11) is -3.53. The van der Waals surface area contributed by atoms with Gasteiger partial charge in [-0.1, -0.05) is 6.92 Å². The van der Waals surface area contributed by atoms with Crippen molar-refractivity contribution in [2.45, 2.75) is 37.1 Å². The van der Waals surface area contributed by atoms with Gasteiger partial charge >= 0.3 is 0 Å². The van der Waals surface area contributed by atoms with Crippen LogP contribution in [0, 0.1) is 0 Å². The average Bonchev–Trinajstić information content (AvgIpc) is 2.56. The number of hydrogen-bond acceptors (Lipinski definition) is 5. The zero-order chi connectivity index (χ0) is 16.3. The van der Waals surface area contributed by atoms with Crippen molar-refractivity contribution in [3.05, 3.63) is 18.2 Å². The van der Waals surface area contributed by atoms with E-state index in [1.165, 1.54) is 0 Å². The fourth-order valence-electron chi connectivity index (χ4n) is 3.07. The van der Waals surface area contributed by atoms with Crippen LogP contribution in [0.25, 0.3) is 0 Å². The van der Waals surface area contributed by atoms with Gasteiger partial charge in [0, 0.05) is 12.1 Å². The average molecular weight is 377 g/mol. The van der Waals surface area contributed by atoms with Crippen molar-refractivity contribution in [1.82, 2.24) is 9.62 Å². The predicted molar refractivity (Wildman–Crippen MR) is 94.8 cm³/mol. The van der Waals surface area contributed by atoms with Gasteiger partial charge in [0.2, 0.25) is 10.0 Å². The second-order valence-electron chi connectivity index (χ2n) is 6.04. The van der Waals surface area contributed by atoms with Crippen molar-refractivity contribution in [2.24, 2.45) is 0 Å². The molecule has 6 nitrogen and oxygen atoms in total. The van der Waals surface area contributed by atoms with E-state index in [1.54, 1.807) is 18.2 Å². The molecule has 136 valence electrons. The lowest BCUT2D eigenvalue weighted by Crippen LogP contribution is -2.44. The number of benzene rings is 1. The van der Waals surface area contributed by atoms with E-state index in [-0.39, 0.29) is 23.3 Å². The van der Waals surface area contributed by atoms with Gasteiger partial charge in [-0.2, -0.15) is 0 Å². The molecule has 0 amide bonds. The summed E-state index contributed by atoms with van der Waals surface area (Å²) in [6.45, 7) is 6.08. The third kappa shape index (κ3) is 4.53. The maximum absolute atomic E-state index is 12.6. The number of ether oxygens (including phenoxy) is 2. The van der Waals surface area contributed by atoms with E-state index in [2.05, 4.69) is 16.5 Å². The number of hydrogen-bond donors (Lipinski definition) is 1. The minimum atomic E-state index is -3.53. The summed E-state index contributed by atoms with van der Waals surface area (Å²) in [5.74, 6) is 1.10. The van der Waals surface area contributed by atoms with E-state index in [9.17, 15) is 8.42 Å². The zero-order valence-electron chi connectivity index (χ0n) is 13.9. The molecule has 0 aliphatic carbocycles. The molecule has 1 fully saturated rings. The van der Waals surface area contributed by atoms with E-state index >= 15 is 0 Å². The normalized spacial score (nSPS) is 18.9. The predicted octanol–water partition coefficient (Wildman–Crippen LogP) is 2.03. The zero-order valence-corrected chi connectivity index (χ0v) is 15.5. The molecular weight excluding hydrogens is 352 g/mol. The van der Waals surface area contributed by atoms with Crippen molar-refractivity contribution in [3.8, 4) is 11.5 Å². The molecule has 24 heavy (non-hydrogen) atoms. The fraction of sp³-hybridized carbons (Fsp3) is 0.625. The Morgan fingerprint density at radius 1 is 1.17 bits per heavy atom. The van der Waals surface area contributed by atoms with Crippen LogP contribution < -0.4 is 14.2 Å². The number of likely N-dealkylation sites (tertiary alicyclic amines) is 1. The number of sulfonamides is 1. The van der Waals surface area contributed by atoms with E-state index in [1.807, 2.05) is 0 Å². The Morgan fingerprint density at radius 3 is 2.50 bits per heavy atom. The monoisotopic (exact) mass is 376 g/mol. The van der Waals surface area contributed by atoms with Crippen LogP contribution in [0.1, 0.15) is 26.2 Å². The maximum Gasteiger partial charge on any atom is 0.240 e. The number of fused-ring (bicyclic) bond motifs is 1. The Bertz CT molecular complexity index is 645. The molecule has 2 aliphatic rings. The van der Waals surface area contributed by atoms with Gasteiger partial charge in [0.05, 0.1) is 4.90 Å². The molecule has 1 saturated heterocycles. The van der Waals surface area contributed by atoms with Crippen LogP contribution >= 0.6 is 12.4 Å². The third-order valence-corrected chi connectivity index (χ3v) is 5.79. The highest BCUT2D eigenvalue weighted by Gasteiger charge is 2.25. The second-order valence-corrected chi connectivity index (χ2v) is 7.76. The number of nitrogens with zero attached hydrogens (tertiary/aromatic N) is 1. The minimum absolute atomic E-state index is 0. The van der Waals surface area contributed by atoms with Crippen LogP contribution in [-0.4, -0.2) is 52.2 Å². The summed E-state index contributed by atoms with van der Waals surface area (Å²) in [5, 5.41) is 0. The molecule has 0 radical (unpaired) electrons. The van der Waals surface area contributed by atoms with Gasteiger partial charge in [-0.05, 0) is 51.0 Å². The third-order valence-electron chi connectivity index (χ3n) is 4.27. The Labute approximate surface area is 150 Å². The largest absolute Gasteiger partial charge is 0.486 e. The number of piperidine rings is 1. The van der Waals surface area contributed by atoms with Gasteiger partial charge in [-0.15, -0.1) is 12.4 Å². The highest BCUT2D eigenvalue weighted by molar-refractivity contribution is 7.89. The highest BCUT2D eigenvalue weighted by atomic mass is 35.5. The van der Waals surface area contributed by atoms with Crippen LogP contribution in [0.5, 0.6) is 11.5 Å². The molecular formula is C16H25ClN2O4S. The molecule has 0 bridgehead atoms. The Hall–Kier alpha value is -1.02. The molecule has 0 spiro atoms.